The Labute approximate surface area is 159 Å². The predicted octanol–water partition coefficient (Wildman–Crippen LogP) is 4.40. The van der Waals surface area contributed by atoms with Crippen molar-refractivity contribution in [3.05, 3.63) is 75.2 Å². The molecule has 0 spiro atoms. The second-order valence-electron chi connectivity index (χ2n) is 6.69. The summed E-state index contributed by atoms with van der Waals surface area (Å²) in [5, 5.41) is 1.98. The van der Waals surface area contributed by atoms with Crippen LogP contribution in [0.4, 0.5) is 0 Å². The third-order valence-corrected chi connectivity index (χ3v) is 7.46. The SMILES string of the molecule is Cc1cc(C)c(S(=O)(=O)N(Cc2cccs2)Cc2cccn2C)c(C)c1. The number of aryl methyl sites for hydroxylation is 4. The molecule has 26 heavy (non-hydrogen) atoms. The van der Waals surface area contributed by atoms with E-state index in [2.05, 4.69) is 0 Å². The number of thiophene rings is 1. The van der Waals surface area contributed by atoms with Crippen LogP contribution in [0.2, 0.25) is 0 Å². The molecule has 0 amide bonds. The van der Waals surface area contributed by atoms with Crippen LogP contribution < -0.4 is 0 Å². The van der Waals surface area contributed by atoms with E-state index in [4.69, 9.17) is 0 Å². The molecular formula is C20H24N2O2S2. The second kappa shape index (κ2) is 7.39. The Morgan fingerprint density at radius 1 is 1.04 bits per heavy atom. The van der Waals surface area contributed by atoms with Gasteiger partial charge in [0.25, 0.3) is 0 Å². The Morgan fingerprint density at radius 2 is 1.73 bits per heavy atom. The maximum Gasteiger partial charge on any atom is 0.244 e. The molecule has 0 aliphatic heterocycles. The first-order valence-corrected chi connectivity index (χ1v) is 10.8. The van der Waals surface area contributed by atoms with Gasteiger partial charge in [-0.15, -0.1) is 11.3 Å². The third kappa shape index (κ3) is 3.77. The van der Waals surface area contributed by atoms with E-state index in [0.717, 1.165) is 27.3 Å². The molecular weight excluding hydrogens is 364 g/mol. The lowest BCUT2D eigenvalue weighted by Crippen LogP contribution is -2.31. The second-order valence-corrected chi connectivity index (χ2v) is 9.60. The van der Waals surface area contributed by atoms with E-state index in [1.807, 2.05) is 80.4 Å². The standard InChI is InChI=1S/C20H24N2O2S2/c1-15-11-16(2)20(17(3)12-15)26(23,24)22(14-19-8-6-10-25-19)13-18-7-5-9-21(18)4/h5-12H,13-14H2,1-4H3. The molecule has 138 valence electrons. The Balaban J connectivity index is 2.06. The van der Waals surface area contributed by atoms with Gasteiger partial charge in [0.1, 0.15) is 0 Å². The van der Waals surface area contributed by atoms with Crippen LogP contribution in [0.3, 0.4) is 0 Å². The van der Waals surface area contributed by atoms with Gasteiger partial charge in [-0.1, -0.05) is 23.8 Å². The number of hydrogen-bond acceptors (Lipinski definition) is 3. The van der Waals surface area contributed by atoms with Gasteiger partial charge in [0.2, 0.25) is 10.0 Å². The summed E-state index contributed by atoms with van der Waals surface area (Å²) < 4.78 is 30.7. The molecule has 3 rings (SSSR count). The zero-order valence-corrected chi connectivity index (χ0v) is 17.2. The summed E-state index contributed by atoms with van der Waals surface area (Å²) in [4.78, 5) is 1.46. The molecule has 0 aliphatic rings. The van der Waals surface area contributed by atoms with Gasteiger partial charge in [-0.3, -0.25) is 0 Å². The Bertz CT molecular complexity index is 979. The van der Waals surface area contributed by atoms with Crippen molar-refractivity contribution < 1.29 is 8.42 Å². The van der Waals surface area contributed by atoms with E-state index >= 15 is 0 Å². The summed E-state index contributed by atoms with van der Waals surface area (Å²) >= 11 is 1.58. The number of rotatable bonds is 6. The van der Waals surface area contributed by atoms with Gasteiger partial charge < -0.3 is 4.57 Å². The molecule has 0 saturated heterocycles. The fraction of sp³-hybridized carbons (Fsp3) is 0.300. The van der Waals surface area contributed by atoms with Gasteiger partial charge in [-0.2, -0.15) is 4.31 Å². The van der Waals surface area contributed by atoms with Crippen LogP contribution in [-0.4, -0.2) is 17.3 Å². The summed E-state index contributed by atoms with van der Waals surface area (Å²) in [6.07, 6.45) is 1.94. The van der Waals surface area contributed by atoms with Crippen LogP contribution in [0.25, 0.3) is 0 Å². The van der Waals surface area contributed by atoms with Crippen molar-refractivity contribution >= 4 is 21.4 Å². The van der Waals surface area contributed by atoms with E-state index in [9.17, 15) is 8.42 Å². The van der Waals surface area contributed by atoms with Crippen LogP contribution in [-0.2, 0) is 30.2 Å². The fourth-order valence-electron chi connectivity index (χ4n) is 3.35. The van der Waals surface area contributed by atoms with E-state index in [-0.39, 0.29) is 0 Å². The number of sulfonamides is 1. The van der Waals surface area contributed by atoms with Crippen molar-refractivity contribution in [1.82, 2.24) is 8.87 Å². The molecule has 2 heterocycles. The van der Waals surface area contributed by atoms with Gasteiger partial charge in [0.05, 0.1) is 11.4 Å². The van der Waals surface area contributed by atoms with E-state index < -0.39 is 10.0 Å². The quantitative estimate of drug-likeness (QED) is 0.628. The summed E-state index contributed by atoms with van der Waals surface area (Å²) in [5.74, 6) is 0. The van der Waals surface area contributed by atoms with Crippen molar-refractivity contribution in [3.63, 3.8) is 0 Å². The van der Waals surface area contributed by atoms with E-state index in [1.54, 1.807) is 15.6 Å². The van der Waals surface area contributed by atoms with Gasteiger partial charge in [0, 0.05) is 30.4 Å². The average molecular weight is 389 g/mol. The van der Waals surface area contributed by atoms with E-state index in [0.29, 0.717) is 18.0 Å². The molecule has 6 heteroatoms. The minimum absolute atomic E-state index is 0.344. The summed E-state index contributed by atoms with van der Waals surface area (Å²) in [7, 11) is -1.68. The first-order chi connectivity index (χ1) is 12.3. The lowest BCUT2D eigenvalue weighted by molar-refractivity contribution is 0.395. The van der Waals surface area contributed by atoms with Gasteiger partial charge in [-0.25, -0.2) is 8.42 Å². The van der Waals surface area contributed by atoms with Gasteiger partial charge in [-0.05, 0) is 55.5 Å². The van der Waals surface area contributed by atoms with Crippen molar-refractivity contribution in [3.8, 4) is 0 Å². The monoisotopic (exact) mass is 388 g/mol. The highest BCUT2D eigenvalue weighted by Crippen LogP contribution is 2.28. The van der Waals surface area contributed by atoms with Gasteiger partial charge >= 0.3 is 0 Å². The molecule has 2 aromatic heterocycles. The number of hydrogen-bond donors (Lipinski definition) is 0. The lowest BCUT2D eigenvalue weighted by atomic mass is 10.1. The Kier molecular flexibility index (Phi) is 5.37. The summed E-state index contributed by atoms with van der Waals surface area (Å²) in [6, 6.07) is 11.7. The zero-order chi connectivity index (χ0) is 18.9. The minimum atomic E-state index is -3.62. The minimum Gasteiger partial charge on any atom is -0.353 e. The van der Waals surface area contributed by atoms with Crippen molar-refractivity contribution in [2.75, 3.05) is 0 Å². The topological polar surface area (TPSA) is 42.3 Å². The van der Waals surface area contributed by atoms with Crippen LogP contribution in [0.15, 0.2) is 52.9 Å². The molecule has 1 aromatic carbocycles. The van der Waals surface area contributed by atoms with Gasteiger partial charge in [0.15, 0.2) is 0 Å². The highest BCUT2D eigenvalue weighted by molar-refractivity contribution is 7.89. The number of aromatic nitrogens is 1. The summed E-state index contributed by atoms with van der Waals surface area (Å²) in [6.45, 7) is 6.45. The first-order valence-electron chi connectivity index (χ1n) is 8.49. The smallest absolute Gasteiger partial charge is 0.244 e. The molecule has 0 unspecified atom stereocenters. The molecule has 0 saturated carbocycles. The number of nitrogens with zero attached hydrogens (tertiary/aromatic N) is 2. The van der Waals surface area contributed by atoms with Crippen molar-refractivity contribution in [1.29, 1.82) is 0 Å². The molecule has 3 aromatic rings. The predicted molar refractivity (Wildman–Crippen MR) is 107 cm³/mol. The van der Waals surface area contributed by atoms with Crippen LogP contribution >= 0.6 is 11.3 Å². The molecule has 0 fully saturated rings. The van der Waals surface area contributed by atoms with E-state index in [1.165, 1.54) is 0 Å². The number of benzene rings is 1. The molecule has 0 aliphatic carbocycles. The molecule has 0 atom stereocenters. The molecule has 0 bridgehead atoms. The van der Waals surface area contributed by atoms with Crippen molar-refractivity contribution in [2.45, 2.75) is 38.8 Å². The molecule has 0 N–H and O–H groups in total. The van der Waals surface area contributed by atoms with Crippen molar-refractivity contribution in [2.24, 2.45) is 7.05 Å². The zero-order valence-electron chi connectivity index (χ0n) is 15.6. The van der Waals surface area contributed by atoms with Crippen LogP contribution in [0, 0.1) is 20.8 Å². The lowest BCUT2D eigenvalue weighted by Gasteiger charge is -2.24. The highest BCUT2D eigenvalue weighted by Gasteiger charge is 2.29. The summed E-state index contributed by atoms with van der Waals surface area (Å²) in [5.41, 5.74) is 3.63. The van der Waals surface area contributed by atoms with Crippen LogP contribution in [0.1, 0.15) is 27.3 Å². The molecule has 4 nitrogen and oxygen atoms in total. The fourth-order valence-corrected chi connectivity index (χ4v) is 5.95. The Hall–Kier alpha value is -1.89. The first kappa shape index (κ1) is 18.9. The maximum absolute atomic E-state index is 13.6. The Morgan fingerprint density at radius 3 is 2.27 bits per heavy atom. The average Bonchev–Trinajstić information content (AvgIpc) is 3.17. The highest BCUT2D eigenvalue weighted by atomic mass is 32.2. The van der Waals surface area contributed by atoms with Crippen LogP contribution in [0.5, 0.6) is 0 Å². The molecule has 0 radical (unpaired) electrons. The normalized spacial score (nSPS) is 12.0. The third-order valence-electron chi connectivity index (χ3n) is 4.50. The largest absolute Gasteiger partial charge is 0.353 e. The maximum atomic E-state index is 13.6.